The maximum atomic E-state index is 10.6. The SMILES string of the molecule is COc1cc(CN)c(C#N)cc1[N+](=O)[O-]. The summed E-state index contributed by atoms with van der Waals surface area (Å²) in [6.45, 7) is 0.136. The van der Waals surface area contributed by atoms with Gasteiger partial charge in [-0.1, -0.05) is 0 Å². The van der Waals surface area contributed by atoms with E-state index in [1.165, 1.54) is 19.2 Å². The molecule has 0 aliphatic rings. The molecule has 15 heavy (non-hydrogen) atoms. The Hall–Kier alpha value is -2.13. The monoisotopic (exact) mass is 207 g/mol. The molecule has 1 aromatic rings. The Kier molecular flexibility index (Phi) is 3.21. The number of nitriles is 1. The van der Waals surface area contributed by atoms with Crippen molar-refractivity contribution in [3.63, 3.8) is 0 Å². The lowest BCUT2D eigenvalue weighted by atomic mass is 10.1. The number of nitrogens with zero attached hydrogens (tertiary/aromatic N) is 2. The van der Waals surface area contributed by atoms with Crippen LogP contribution >= 0.6 is 0 Å². The standard InChI is InChI=1S/C9H9N3O3/c1-15-9-3-7(5-11)6(4-10)2-8(9)12(13)14/h2-3H,5,11H2,1H3. The van der Waals surface area contributed by atoms with E-state index in [1.807, 2.05) is 6.07 Å². The quantitative estimate of drug-likeness (QED) is 0.586. The van der Waals surface area contributed by atoms with Crippen molar-refractivity contribution in [2.75, 3.05) is 7.11 Å². The highest BCUT2D eigenvalue weighted by atomic mass is 16.6. The van der Waals surface area contributed by atoms with Crippen molar-refractivity contribution in [3.8, 4) is 11.8 Å². The van der Waals surface area contributed by atoms with Crippen LogP contribution in [0.25, 0.3) is 0 Å². The maximum absolute atomic E-state index is 10.6. The van der Waals surface area contributed by atoms with E-state index in [0.29, 0.717) is 5.56 Å². The molecular weight excluding hydrogens is 198 g/mol. The molecule has 1 rings (SSSR count). The van der Waals surface area contributed by atoms with Crippen LogP contribution in [0.3, 0.4) is 0 Å². The predicted molar refractivity (Wildman–Crippen MR) is 52.3 cm³/mol. The number of nitrogens with two attached hydrogens (primary N) is 1. The molecule has 78 valence electrons. The molecule has 0 aliphatic heterocycles. The highest BCUT2D eigenvalue weighted by Gasteiger charge is 2.18. The van der Waals surface area contributed by atoms with Gasteiger partial charge in [0.25, 0.3) is 0 Å². The van der Waals surface area contributed by atoms with Crippen molar-refractivity contribution in [1.82, 2.24) is 0 Å². The summed E-state index contributed by atoms with van der Waals surface area (Å²) in [5.41, 5.74) is 5.90. The summed E-state index contributed by atoms with van der Waals surface area (Å²) < 4.78 is 4.84. The first-order valence-corrected chi connectivity index (χ1v) is 4.09. The summed E-state index contributed by atoms with van der Waals surface area (Å²) in [7, 11) is 1.33. The molecule has 0 spiro atoms. The molecule has 0 radical (unpaired) electrons. The third-order valence-corrected chi connectivity index (χ3v) is 1.94. The van der Waals surface area contributed by atoms with Crippen molar-refractivity contribution in [3.05, 3.63) is 33.4 Å². The van der Waals surface area contributed by atoms with Gasteiger partial charge in [-0.2, -0.15) is 5.26 Å². The van der Waals surface area contributed by atoms with Crippen molar-refractivity contribution < 1.29 is 9.66 Å². The van der Waals surface area contributed by atoms with Crippen LogP contribution in [0.4, 0.5) is 5.69 Å². The topological polar surface area (TPSA) is 102 Å². The zero-order chi connectivity index (χ0) is 11.4. The van der Waals surface area contributed by atoms with Crippen molar-refractivity contribution in [1.29, 1.82) is 5.26 Å². The molecule has 6 heteroatoms. The number of ether oxygens (including phenoxy) is 1. The van der Waals surface area contributed by atoms with E-state index in [-0.39, 0.29) is 23.5 Å². The van der Waals surface area contributed by atoms with E-state index in [4.69, 9.17) is 15.7 Å². The second kappa shape index (κ2) is 4.39. The fourth-order valence-electron chi connectivity index (χ4n) is 1.19. The normalized spacial score (nSPS) is 9.40. The number of nitro benzene ring substituents is 1. The number of methoxy groups -OCH3 is 1. The van der Waals surface area contributed by atoms with E-state index >= 15 is 0 Å². The first kappa shape index (κ1) is 10.9. The molecule has 0 aliphatic carbocycles. The summed E-state index contributed by atoms with van der Waals surface area (Å²) in [6.07, 6.45) is 0. The van der Waals surface area contributed by atoms with E-state index in [9.17, 15) is 10.1 Å². The Morgan fingerprint density at radius 3 is 2.73 bits per heavy atom. The second-order valence-corrected chi connectivity index (χ2v) is 2.75. The van der Waals surface area contributed by atoms with Gasteiger partial charge in [0.1, 0.15) is 0 Å². The number of hydrogen-bond donors (Lipinski definition) is 1. The molecule has 0 atom stereocenters. The van der Waals surface area contributed by atoms with Crippen LogP contribution in [0.2, 0.25) is 0 Å². The molecule has 0 saturated carbocycles. The minimum Gasteiger partial charge on any atom is -0.490 e. The molecule has 0 aromatic heterocycles. The lowest BCUT2D eigenvalue weighted by Gasteiger charge is -2.05. The third kappa shape index (κ3) is 2.03. The van der Waals surface area contributed by atoms with Gasteiger partial charge in [-0.15, -0.1) is 0 Å². The second-order valence-electron chi connectivity index (χ2n) is 2.75. The molecular formula is C9H9N3O3. The van der Waals surface area contributed by atoms with Crippen molar-refractivity contribution >= 4 is 5.69 Å². The Labute approximate surface area is 86.0 Å². The van der Waals surface area contributed by atoms with E-state index in [1.54, 1.807) is 0 Å². The average Bonchev–Trinajstić information content (AvgIpc) is 2.26. The zero-order valence-electron chi connectivity index (χ0n) is 8.06. The van der Waals surface area contributed by atoms with Crippen LogP contribution in [0, 0.1) is 21.4 Å². The van der Waals surface area contributed by atoms with Crippen molar-refractivity contribution in [2.24, 2.45) is 5.73 Å². The molecule has 1 aromatic carbocycles. The number of benzene rings is 1. The fraction of sp³-hybridized carbons (Fsp3) is 0.222. The van der Waals surface area contributed by atoms with Gasteiger partial charge < -0.3 is 10.5 Å². The zero-order valence-corrected chi connectivity index (χ0v) is 8.06. The maximum Gasteiger partial charge on any atom is 0.312 e. The fourth-order valence-corrected chi connectivity index (χ4v) is 1.19. The molecule has 0 amide bonds. The average molecular weight is 207 g/mol. The van der Waals surface area contributed by atoms with Crippen LogP contribution in [0.5, 0.6) is 5.75 Å². The van der Waals surface area contributed by atoms with Crippen LogP contribution < -0.4 is 10.5 Å². The highest BCUT2D eigenvalue weighted by Crippen LogP contribution is 2.29. The van der Waals surface area contributed by atoms with Gasteiger partial charge in [0.05, 0.1) is 23.7 Å². The summed E-state index contributed by atoms with van der Waals surface area (Å²) in [4.78, 5) is 10.0. The van der Waals surface area contributed by atoms with E-state index in [0.717, 1.165) is 0 Å². The molecule has 6 nitrogen and oxygen atoms in total. The first-order valence-electron chi connectivity index (χ1n) is 4.09. The van der Waals surface area contributed by atoms with Gasteiger partial charge >= 0.3 is 5.69 Å². The number of nitro groups is 1. The number of rotatable bonds is 3. The Balaban J connectivity index is 3.42. The lowest BCUT2D eigenvalue weighted by Crippen LogP contribution is -2.02. The first-order chi connectivity index (χ1) is 7.13. The third-order valence-electron chi connectivity index (χ3n) is 1.94. The highest BCUT2D eigenvalue weighted by molar-refractivity contribution is 5.55. The Bertz CT molecular complexity index is 437. The van der Waals surface area contributed by atoms with Gasteiger partial charge in [0, 0.05) is 12.6 Å². The smallest absolute Gasteiger partial charge is 0.312 e. The van der Waals surface area contributed by atoms with E-state index in [2.05, 4.69) is 0 Å². The molecule has 2 N–H and O–H groups in total. The van der Waals surface area contributed by atoms with Gasteiger partial charge in [-0.05, 0) is 11.6 Å². The Morgan fingerprint density at radius 1 is 1.67 bits per heavy atom. The predicted octanol–water partition coefficient (Wildman–Crippen LogP) is 0.934. The van der Waals surface area contributed by atoms with Gasteiger partial charge in [0.15, 0.2) is 5.75 Å². The molecule has 0 fully saturated rings. The minimum absolute atomic E-state index is 0.111. The summed E-state index contributed by atoms with van der Waals surface area (Å²) in [5.74, 6) is 0.111. The summed E-state index contributed by atoms with van der Waals surface area (Å²) in [5, 5.41) is 19.4. The summed E-state index contributed by atoms with van der Waals surface area (Å²) in [6, 6.07) is 4.43. The van der Waals surface area contributed by atoms with Crippen LogP contribution in [0.1, 0.15) is 11.1 Å². The van der Waals surface area contributed by atoms with Crippen LogP contribution in [0.15, 0.2) is 12.1 Å². The largest absolute Gasteiger partial charge is 0.490 e. The van der Waals surface area contributed by atoms with Crippen LogP contribution in [-0.4, -0.2) is 12.0 Å². The minimum atomic E-state index is -0.597. The van der Waals surface area contributed by atoms with E-state index < -0.39 is 4.92 Å². The summed E-state index contributed by atoms with van der Waals surface area (Å²) >= 11 is 0. The van der Waals surface area contributed by atoms with Crippen LogP contribution in [-0.2, 0) is 6.54 Å². The van der Waals surface area contributed by atoms with Gasteiger partial charge in [-0.25, -0.2) is 0 Å². The Morgan fingerprint density at radius 2 is 2.33 bits per heavy atom. The molecule has 0 bridgehead atoms. The number of hydrogen-bond acceptors (Lipinski definition) is 5. The van der Waals surface area contributed by atoms with Crippen molar-refractivity contribution in [2.45, 2.75) is 6.54 Å². The van der Waals surface area contributed by atoms with Gasteiger partial charge in [0.2, 0.25) is 0 Å². The molecule has 0 unspecified atom stereocenters. The van der Waals surface area contributed by atoms with Gasteiger partial charge in [-0.3, -0.25) is 10.1 Å². The molecule has 0 saturated heterocycles. The molecule has 0 heterocycles. The lowest BCUT2D eigenvalue weighted by molar-refractivity contribution is -0.385.